The molecule has 1 aromatic heterocycles. The van der Waals surface area contributed by atoms with Crippen LogP contribution in [-0.2, 0) is 16.1 Å². The van der Waals surface area contributed by atoms with Gasteiger partial charge >= 0.3 is 0 Å². The first-order valence-corrected chi connectivity index (χ1v) is 11.4. The van der Waals surface area contributed by atoms with Crippen LogP contribution in [0.4, 0.5) is 0 Å². The molecule has 0 saturated carbocycles. The molecular formula is C27H21NO4S. The molecule has 1 fully saturated rings. The average molecular weight is 456 g/mol. The van der Waals surface area contributed by atoms with Crippen LogP contribution in [-0.4, -0.2) is 28.8 Å². The maximum absolute atomic E-state index is 13.2. The predicted molar refractivity (Wildman–Crippen MR) is 129 cm³/mol. The number of benzene rings is 3. The molecule has 0 aliphatic carbocycles. The van der Waals surface area contributed by atoms with Gasteiger partial charge in [-0.15, -0.1) is 11.3 Å². The van der Waals surface area contributed by atoms with Crippen molar-refractivity contribution in [2.45, 2.75) is 12.6 Å². The third-order valence-electron chi connectivity index (χ3n) is 5.91. The Morgan fingerprint density at radius 3 is 2.48 bits per heavy atom. The lowest BCUT2D eigenvalue weighted by molar-refractivity contribution is -0.140. The molecular weight excluding hydrogens is 434 g/mol. The summed E-state index contributed by atoms with van der Waals surface area (Å²) in [5.41, 5.74) is 1.40. The highest BCUT2D eigenvalue weighted by atomic mass is 32.1. The van der Waals surface area contributed by atoms with Gasteiger partial charge in [0, 0.05) is 16.0 Å². The van der Waals surface area contributed by atoms with E-state index in [0.29, 0.717) is 11.3 Å². The number of ketones is 1. The maximum atomic E-state index is 13.2. The minimum Gasteiger partial charge on any atom is -0.507 e. The molecule has 0 radical (unpaired) electrons. The summed E-state index contributed by atoms with van der Waals surface area (Å²) >= 11 is 1.44. The van der Waals surface area contributed by atoms with Crippen molar-refractivity contribution in [2.75, 3.05) is 7.11 Å². The zero-order valence-electron chi connectivity index (χ0n) is 17.9. The van der Waals surface area contributed by atoms with Gasteiger partial charge in [-0.2, -0.15) is 0 Å². The molecule has 164 valence electrons. The molecule has 1 amide bonds. The van der Waals surface area contributed by atoms with E-state index < -0.39 is 17.7 Å². The van der Waals surface area contributed by atoms with Gasteiger partial charge in [0.2, 0.25) is 0 Å². The molecule has 3 aromatic carbocycles. The highest BCUT2D eigenvalue weighted by Crippen LogP contribution is 2.42. The fraction of sp³-hybridized carbons (Fsp3) is 0.111. The van der Waals surface area contributed by atoms with E-state index in [0.717, 1.165) is 21.2 Å². The van der Waals surface area contributed by atoms with Gasteiger partial charge in [-0.1, -0.05) is 60.7 Å². The Labute approximate surface area is 195 Å². The number of rotatable bonds is 5. The number of carbonyl (C=O) groups is 2. The lowest BCUT2D eigenvalue weighted by Gasteiger charge is -2.25. The van der Waals surface area contributed by atoms with E-state index in [1.54, 1.807) is 13.2 Å². The second-order valence-corrected chi connectivity index (χ2v) is 8.80. The lowest BCUT2D eigenvalue weighted by Crippen LogP contribution is -2.29. The molecule has 33 heavy (non-hydrogen) atoms. The summed E-state index contributed by atoms with van der Waals surface area (Å²) in [6.07, 6.45) is 0. The number of likely N-dealkylation sites (tertiary alicyclic amines) is 1. The van der Waals surface area contributed by atoms with Crippen molar-refractivity contribution < 1.29 is 19.4 Å². The summed E-state index contributed by atoms with van der Waals surface area (Å²) in [5, 5.41) is 15.1. The monoisotopic (exact) mass is 455 g/mol. The van der Waals surface area contributed by atoms with Gasteiger partial charge in [-0.05, 0) is 34.4 Å². The van der Waals surface area contributed by atoms with Gasteiger partial charge in [-0.25, -0.2) is 0 Å². The highest BCUT2D eigenvalue weighted by Gasteiger charge is 2.46. The van der Waals surface area contributed by atoms with Crippen LogP contribution in [0.3, 0.4) is 0 Å². The molecule has 2 heterocycles. The number of nitrogens with zero attached hydrogens (tertiary/aromatic N) is 1. The molecule has 1 aliphatic rings. The fourth-order valence-corrected chi connectivity index (χ4v) is 5.14. The van der Waals surface area contributed by atoms with Crippen LogP contribution in [0, 0.1) is 0 Å². The smallest absolute Gasteiger partial charge is 0.295 e. The lowest BCUT2D eigenvalue weighted by atomic mass is 9.98. The topological polar surface area (TPSA) is 66.8 Å². The molecule has 1 N–H and O–H groups in total. The summed E-state index contributed by atoms with van der Waals surface area (Å²) in [6.45, 7) is 0.186. The Morgan fingerprint density at radius 2 is 1.73 bits per heavy atom. The van der Waals surface area contributed by atoms with Gasteiger partial charge in [0.1, 0.15) is 11.5 Å². The second kappa shape index (κ2) is 8.56. The number of hydrogen-bond donors (Lipinski definition) is 1. The number of thiophene rings is 1. The zero-order valence-corrected chi connectivity index (χ0v) is 18.7. The van der Waals surface area contributed by atoms with Crippen LogP contribution >= 0.6 is 11.3 Å². The number of aliphatic hydroxyl groups is 1. The molecule has 1 aliphatic heterocycles. The van der Waals surface area contributed by atoms with Crippen LogP contribution in [0.25, 0.3) is 16.5 Å². The third kappa shape index (κ3) is 3.68. The first-order chi connectivity index (χ1) is 16.1. The molecule has 0 spiro atoms. The van der Waals surface area contributed by atoms with Crippen LogP contribution in [0.5, 0.6) is 5.75 Å². The van der Waals surface area contributed by atoms with E-state index in [9.17, 15) is 14.7 Å². The van der Waals surface area contributed by atoms with Crippen LogP contribution < -0.4 is 4.74 Å². The van der Waals surface area contributed by atoms with Crippen molar-refractivity contribution in [3.05, 3.63) is 106 Å². The molecule has 5 rings (SSSR count). The Bertz CT molecular complexity index is 1390. The minimum absolute atomic E-state index is 0.104. The van der Waals surface area contributed by atoms with E-state index in [4.69, 9.17) is 4.74 Å². The van der Waals surface area contributed by atoms with Crippen molar-refractivity contribution in [3.8, 4) is 5.75 Å². The van der Waals surface area contributed by atoms with Gasteiger partial charge in [-0.3, -0.25) is 9.59 Å². The van der Waals surface area contributed by atoms with E-state index in [2.05, 4.69) is 0 Å². The largest absolute Gasteiger partial charge is 0.507 e. The van der Waals surface area contributed by atoms with Crippen molar-refractivity contribution in [1.29, 1.82) is 0 Å². The molecule has 0 bridgehead atoms. The normalized spacial score (nSPS) is 17.6. The van der Waals surface area contributed by atoms with Crippen LogP contribution in [0.15, 0.2) is 89.8 Å². The summed E-state index contributed by atoms with van der Waals surface area (Å²) < 4.78 is 5.45. The zero-order chi connectivity index (χ0) is 22.9. The van der Waals surface area contributed by atoms with E-state index in [1.165, 1.54) is 16.2 Å². The summed E-state index contributed by atoms with van der Waals surface area (Å²) in [6, 6.07) is 23.8. The SMILES string of the molecule is COc1ccccc1CN1C(=O)C(=O)/C(=C(\O)c2ccc3ccccc3c2)C1c1cccs1. The summed E-state index contributed by atoms with van der Waals surface area (Å²) in [5.74, 6) is -0.852. The number of fused-ring (bicyclic) bond motifs is 1. The fourth-order valence-electron chi connectivity index (χ4n) is 4.29. The first-order valence-electron chi connectivity index (χ1n) is 10.5. The quantitative estimate of drug-likeness (QED) is 0.244. The molecule has 1 saturated heterocycles. The number of ether oxygens (including phenoxy) is 1. The molecule has 1 unspecified atom stereocenters. The minimum atomic E-state index is -0.686. The second-order valence-electron chi connectivity index (χ2n) is 7.82. The van der Waals surface area contributed by atoms with Crippen molar-refractivity contribution in [2.24, 2.45) is 0 Å². The Balaban J connectivity index is 1.64. The van der Waals surface area contributed by atoms with E-state index in [1.807, 2.05) is 78.2 Å². The Kier molecular flexibility index (Phi) is 5.44. The highest BCUT2D eigenvalue weighted by molar-refractivity contribution is 7.10. The van der Waals surface area contributed by atoms with Gasteiger partial charge in [0.05, 0.1) is 25.3 Å². The van der Waals surface area contributed by atoms with Crippen molar-refractivity contribution >= 4 is 39.6 Å². The van der Waals surface area contributed by atoms with Gasteiger partial charge in [0.25, 0.3) is 11.7 Å². The third-order valence-corrected chi connectivity index (χ3v) is 6.83. The van der Waals surface area contributed by atoms with Crippen molar-refractivity contribution in [3.63, 3.8) is 0 Å². The van der Waals surface area contributed by atoms with Crippen LogP contribution in [0.1, 0.15) is 22.0 Å². The molecule has 5 nitrogen and oxygen atoms in total. The number of Topliss-reactive ketones (excluding diaryl/α,β-unsaturated/α-hetero) is 1. The number of para-hydroxylation sites is 1. The average Bonchev–Trinajstić information content (AvgIpc) is 3.46. The summed E-state index contributed by atoms with van der Waals surface area (Å²) in [4.78, 5) is 28.7. The standard InChI is InChI=1S/C27H21NO4S/c1-32-21-10-5-4-9-20(21)16-28-24(22-11-6-14-33-22)23(26(30)27(28)31)25(29)19-13-12-17-7-2-3-8-18(17)15-19/h2-15,24,29H,16H2,1H3/b25-23-. The van der Waals surface area contributed by atoms with Gasteiger partial charge < -0.3 is 14.7 Å². The maximum Gasteiger partial charge on any atom is 0.295 e. The molecule has 6 heteroatoms. The predicted octanol–water partition coefficient (Wildman–Crippen LogP) is 5.53. The Morgan fingerprint density at radius 1 is 0.970 bits per heavy atom. The van der Waals surface area contributed by atoms with E-state index in [-0.39, 0.29) is 17.9 Å². The Hall–Kier alpha value is -3.90. The number of carbonyl (C=O) groups excluding carboxylic acids is 2. The summed E-state index contributed by atoms with van der Waals surface area (Å²) in [7, 11) is 1.57. The number of methoxy groups -OCH3 is 1. The number of hydrogen-bond acceptors (Lipinski definition) is 5. The van der Waals surface area contributed by atoms with Crippen LogP contribution in [0.2, 0.25) is 0 Å². The first kappa shape index (κ1) is 21.0. The number of aliphatic hydroxyl groups excluding tert-OH is 1. The van der Waals surface area contributed by atoms with Crippen molar-refractivity contribution in [1.82, 2.24) is 4.90 Å². The molecule has 1 atom stereocenters. The van der Waals surface area contributed by atoms with Gasteiger partial charge in [0.15, 0.2) is 0 Å². The number of amides is 1. The molecule has 4 aromatic rings. The van der Waals surface area contributed by atoms with E-state index >= 15 is 0 Å².